The Morgan fingerprint density at radius 3 is 2.78 bits per heavy atom. The van der Waals surface area contributed by atoms with Gasteiger partial charge in [0.2, 0.25) is 0 Å². The van der Waals surface area contributed by atoms with E-state index in [4.69, 9.17) is 0 Å². The summed E-state index contributed by atoms with van der Waals surface area (Å²) in [4.78, 5) is 0. The van der Waals surface area contributed by atoms with Crippen molar-refractivity contribution in [1.29, 1.82) is 0 Å². The number of nitrogens with zero attached hydrogens (tertiary/aromatic N) is 3. The number of hydrogen-bond acceptors (Lipinski definition) is 2. The Labute approximate surface area is 116 Å². The second-order valence-corrected chi connectivity index (χ2v) is 5.53. The molecule has 18 heavy (non-hydrogen) atoms. The normalized spacial score (nSPS) is 12.7. The molecule has 0 aliphatic heterocycles. The van der Waals surface area contributed by atoms with Gasteiger partial charge in [0, 0.05) is 17.2 Å². The summed E-state index contributed by atoms with van der Waals surface area (Å²) in [6.45, 7) is 7.29. The standard InChI is InChI=1S/C14H18BrN3/c1-4-18-9-13(16-17-18)8-10(2)12-5-6-14(15)11(3)7-12/h5-7,9-10H,4,8H2,1-3H3. The van der Waals surface area contributed by atoms with Crippen molar-refractivity contribution in [2.45, 2.75) is 39.7 Å². The van der Waals surface area contributed by atoms with Crippen LogP contribution < -0.4 is 0 Å². The van der Waals surface area contributed by atoms with E-state index in [2.05, 4.69) is 65.2 Å². The second kappa shape index (κ2) is 5.65. The van der Waals surface area contributed by atoms with Crippen molar-refractivity contribution < 1.29 is 0 Å². The van der Waals surface area contributed by atoms with Gasteiger partial charge in [-0.15, -0.1) is 5.10 Å². The lowest BCUT2D eigenvalue weighted by Gasteiger charge is -2.11. The summed E-state index contributed by atoms with van der Waals surface area (Å²) >= 11 is 3.53. The minimum Gasteiger partial charge on any atom is -0.253 e. The Balaban J connectivity index is 2.11. The van der Waals surface area contributed by atoms with Crippen LogP contribution in [0.2, 0.25) is 0 Å². The molecule has 0 aliphatic carbocycles. The molecule has 4 heteroatoms. The maximum Gasteiger partial charge on any atom is 0.0833 e. The van der Waals surface area contributed by atoms with Crippen molar-refractivity contribution in [1.82, 2.24) is 15.0 Å². The van der Waals surface area contributed by atoms with E-state index < -0.39 is 0 Å². The van der Waals surface area contributed by atoms with Gasteiger partial charge >= 0.3 is 0 Å². The number of aryl methyl sites for hydroxylation is 2. The fourth-order valence-electron chi connectivity index (χ4n) is 1.99. The third-order valence-electron chi connectivity index (χ3n) is 3.18. The molecule has 1 aromatic carbocycles. The Morgan fingerprint density at radius 1 is 1.39 bits per heavy atom. The van der Waals surface area contributed by atoms with Gasteiger partial charge in [-0.3, -0.25) is 4.68 Å². The minimum absolute atomic E-state index is 0.457. The van der Waals surface area contributed by atoms with Crippen LogP contribution in [0.1, 0.15) is 36.6 Å². The Morgan fingerprint density at radius 2 is 2.17 bits per heavy atom. The first-order valence-electron chi connectivity index (χ1n) is 6.25. The van der Waals surface area contributed by atoms with E-state index in [1.165, 1.54) is 11.1 Å². The van der Waals surface area contributed by atoms with Crippen LogP contribution in [0.15, 0.2) is 28.9 Å². The molecule has 0 fully saturated rings. The molecule has 1 heterocycles. The first-order valence-corrected chi connectivity index (χ1v) is 7.04. The summed E-state index contributed by atoms with van der Waals surface area (Å²) in [7, 11) is 0. The molecule has 1 atom stereocenters. The summed E-state index contributed by atoms with van der Waals surface area (Å²) in [5.74, 6) is 0.457. The van der Waals surface area contributed by atoms with Gasteiger partial charge in [0.1, 0.15) is 0 Å². The predicted molar refractivity (Wildman–Crippen MR) is 76.7 cm³/mol. The first kappa shape index (κ1) is 13.3. The third-order valence-corrected chi connectivity index (χ3v) is 4.07. The maximum absolute atomic E-state index is 4.20. The average molecular weight is 308 g/mol. The van der Waals surface area contributed by atoms with Crippen LogP contribution in [0, 0.1) is 6.92 Å². The lowest BCUT2D eigenvalue weighted by molar-refractivity contribution is 0.626. The lowest BCUT2D eigenvalue weighted by Crippen LogP contribution is -1.99. The van der Waals surface area contributed by atoms with E-state index in [9.17, 15) is 0 Å². The topological polar surface area (TPSA) is 30.7 Å². The van der Waals surface area contributed by atoms with E-state index in [-0.39, 0.29) is 0 Å². The molecule has 3 nitrogen and oxygen atoms in total. The Hall–Kier alpha value is -1.16. The zero-order valence-corrected chi connectivity index (χ0v) is 12.6. The smallest absolute Gasteiger partial charge is 0.0833 e. The molecule has 0 radical (unpaired) electrons. The van der Waals surface area contributed by atoms with Crippen LogP contribution in [0.4, 0.5) is 0 Å². The van der Waals surface area contributed by atoms with Crippen LogP contribution in [0.25, 0.3) is 0 Å². The monoisotopic (exact) mass is 307 g/mol. The van der Waals surface area contributed by atoms with E-state index in [0.29, 0.717) is 5.92 Å². The largest absolute Gasteiger partial charge is 0.253 e. The summed E-state index contributed by atoms with van der Waals surface area (Å²) in [5.41, 5.74) is 3.68. The molecule has 2 aromatic rings. The van der Waals surface area contributed by atoms with E-state index >= 15 is 0 Å². The highest BCUT2D eigenvalue weighted by Crippen LogP contribution is 2.24. The van der Waals surface area contributed by atoms with Gasteiger partial charge in [0.05, 0.1) is 5.69 Å². The lowest BCUT2D eigenvalue weighted by atomic mass is 9.95. The van der Waals surface area contributed by atoms with Crippen molar-refractivity contribution in [3.05, 3.63) is 45.7 Å². The highest BCUT2D eigenvalue weighted by Gasteiger charge is 2.10. The maximum atomic E-state index is 4.20. The van der Waals surface area contributed by atoms with Crippen LogP contribution in [0.3, 0.4) is 0 Å². The quantitative estimate of drug-likeness (QED) is 0.862. The average Bonchev–Trinajstić information content (AvgIpc) is 2.80. The summed E-state index contributed by atoms with van der Waals surface area (Å²) in [6, 6.07) is 6.52. The predicted octanol–water partition coefficient (Wildman–Crippen LogP) is 3.72. The molecule has 0 saturated heterocycles. The molecule has 0 spiro atoms. The number of hydrogen-bond donors (Lipinski definition) is 0. The first-order chi connectivity index (χ1) is 8.60. The van der Waals surface area contributed by atoms with Gasteiger partial charge in [-0.05, 0) is 43.4 Å². The van der Waals surface area contributed by atoms with Crippen LogP contribution in [0.5, 0.6) is 0 Å². The Bertz CT molecular complexity index is 534. The van der Waals surface area contributed by atoms with Crippen molar-refractivity contribution in [3.63, 3.8) is 0 Å². The van der Waals surface area contributed by atoms with Crippen LogP contribution in [-0.2, 0) is 13.0 Å². The highest BCUT2D eigenvalue weighted by atomic mass is 79.9. The number of benzene rings is 1. The fourth-order valence-corrected chi connectivity index (χ4v) is 2.24. The molecule has 0 saturated carbocycles. The van der Waals surface area contributed by atoms with Crippen LogP contribution in [-0.4, -0.2) is 15.0 Å². The van der Waals surface area contributed by atoms with Gasteiger partial charge in [-0.2, -0.15) is 0 Å². The number of halogens is 1. The molecular formula is C14H18BrN3. The number of aromatic nitrogens is 3. The summed E-state index contributed by atoms with van der Waals surface area (Å²) in [6.07, 6.45) is 2.96. The molecule has 0 N–H and O–H groups in total. The molecular weight excluding hydrogens is 290 g/mol. The summed E-state index contributed by atoms with van der Waals surface area (Å²) in [5, 5.41) is 8.27. The second-order valence-electron chi connectivity index (χ2n) is 4.68. The van der Waals surface area contributed by atoms with Gasteiger partial charge in [0.15, 0.2) is 0 Å². The zero-order valence-electron chi connectivity index (χ0n) is 11.0. The van der Waals surface area contributed by atoms with Gasteiger partial charge in [-0.1, -0.05) is 40.2 Å². The van der Waals surface area contributed by atoms with Crippen molar-refractivity contribution >= 4 is 15.9 Å². The van der Waals surface area contributed by atoms with Crippen molar-refractivity contribution in [2.75, 3.05) is 0 Å². The molecule has 1 unspecified atom stereocenters. The number of rotatable bonds is 4. The van der Waals surface area contributed by atoms with Gasteiger partial charge in [-0.25, -0.2) is 0 Å². The Kier molecular flexibility index (Phi) is 4.17. The molecule has 0 aliphatic rings. The molecule has 1 aromatic heterocycles. The third kappa shape index (κ3) is 2.99. The highest BCUT2D eigenvalue weighted by molar-refractivity contribution is 9.10. The van der Waals surface area contributed by atoms with Crippen LogP contribution >= 0.6 is 15.9 Å². The fraction of sp³-hybridized carbons (Fsp3) is 0.429. The van der Waals surface area contributed by atoms with E-state index in [0.717, 1.165) is 23.1 Å². The van der Waals surface area contributed by atoms with Crippen molar-refractivity contribution in [3.8, 4) is 0 Å². The molecule has 2 rings (SSSR count). The molecule has 0 bridgehead atoms. The zero-order chi connectivity index (χ0) is 13.1. The van der Waals surface area contributed by atoms with Gasteiger partial charge in [0.25, 0.3) is 0 Å². The minimum atomic E-state index is 0.457. The SMILES string of the molecule is CCn1cc(CC(C)c2ccc(Br)c(C)c2)nn1. The van der Waals surface area contributed by atoms with Crippen molar-refractivity contribution in [2.24, 2.45) is 0 Å². The summed E-state index contributed by atoms with van der Waals surface area (Å²) < 4.78 is 3.03. The molecule has 96 valence electrons. The molecule has 0 amide bonds. The van der Waals surface area contributed by atoms with Gasteiger partial charge < -0.3 is 0 Å². The van der Waals surface area contributed by atoms with E-state index in [1.807, 2.05) is 10.9 Å². The van der Waals surface area contributed by atoms with E-state index in [1.54, 1.807) is 0 Å².